The molecule has 1 saturated carbocycles. The van der Waals surface area contributed by atoms with E-state index in [2.05, 4.69) is 40.0 Å². The van der Waals surface area contributed by atoms with Crippen molar-refractivity contribution in [1.82, 2.24) is 14.9 Å². The van der Waals surface area contributed by atoms with E-state index < -0.39 is 0 Å². The van der Waals surface area contributed by atoms with Crippen molar-refractivity contribution in [2.75, 3.05) is 0 Å². The van der Waals surface area contributed by atoms with Gasteiger partial charge in [0.25, 0.3) is 0 Å². The summed E-state index contributed by atoms with van der Waals surface area (Å²) in [6, 6.07) is 11.1. The maximum Gasteiger partial charge on any atom is 0.109 e. The van der Waals surface area contributed by atoms with Gasteiger partial charge in [0.1, 0.15) is 5.82 Å². The minimum Gasteiger partial charge on any atom is -0.328 e. The van der Waals surface area contributed by atoms with Crippen molar-refractivity contribution in [2.45, 2.75) is 51.2 Å². The van der Waals surface area contributed by atoms with Crippen molar-refractivity contribution in [3.63, 3.8) is 0 Å². The average molecular weight is 268 g/mol. The molecular weight excluding hydrogens is 248 g/mol. The van der Waals surface area contributed by atoms with Crippen LogP contribution in [0.4, 0.5) is 0 Å². The van der Waals surface area contributed by atoms with E-state index in [1.54, 1.807) is 0 Å². The molecule has 0 amide bonds. The zero-order valence-corrected chi connectivity index (χ0v) is 11.8. The van der Waals surface area contributed by atoms with Gasteiger partial charge in [-0.25, -0.2) is 4.98 Å². The molecule has 0 saturated heterocycles. The molecule has 1 heterocycles. The molecule has 0 spiro atoms. The molecule has 104 valence electrons. The Morgan fingerprint density at radius 1 is 1.45 bits per heavy atom. The number of nitrogens with zero attached hydrogens (tertiary/aromatic N) is 3. The van der Waals surface area contributed by atoms with Crippen LogP contribution in [0.2, 0.25) is 0 Å². The van der Waals surface area contributed by atoms with Gasteiger partial charge in [0.05, 0.1) is 23.1 Å². The van der Waals surface area contributed by atoms with Gasteiger partial charge in [-0.2, -0.15) is 5.26 Å². The maximum atomic E-state index is 9.23. The number of benzene rings is 1. The summed E-state index contributed by atoms with van der Waals surface area (Å²) in [5, 5.41) is 12.6. The Labute approximate surface area is 119 Å². The van der Waals surface area contributed by atoms with Crippen molar-refractivity contribution in [3.05, 3.63) is 30.1 Å². The van der Waals surface area contributed by atoms with Crippen LogP contribution in [0.25, 0.3) is 11.0 Å². The number of imidazole rings is 1. The largest absolute Gasteiger partial charge is 0.328 e. The lowest BCUT2D eigenvalue weighted by atomic mass is 10.2. The molecule has 1 N–H and O–H groups in total. The SMILES string of the molecule is CCc1nc2ccccc2n1CCC(C#N)NC1CC1. The third-order valence-corrected chi connectivity index (χ3v) is 3.86. The number of hydrogen-bond acceptors (Lipinski definition) is 3. The van der Waals surface area contributed by atoms with Gasteiger partial charge in [-0.1, -0.05) is 19.1 Å². The van der Waals surface area contributed by atoms with Crippen LogP contribution in [0, 0.1) is 11.3 Å². The minimum atomic E-state index is -0.0478. The van der Waals surface area contributed by atoms with Gasteiger partial charge in [0, 0.05) is 19.0 Å². The van der Waals surface area contributed by atoms with Gasteiger partial charge in [0.2, 0.25) is 0 Å². The van der Waals surface area contributed by atoms with Crippen LogP contribution in [0.15, 0.2) is 24.3 Å². The average Bonchev–Trinajstić information content (AvgIpc) is 3.23. The number of fused-ring (bicyclic) bond motifs is 1. The third kappa shape index (κ3) is 2.68. The lowest BCUT2D eigenvalue weighted by molar-refractivity contribution is 0.512. The van der Waals surface area contributed by atoms with Crippen molar-refractivity contribution in [1.29, 1.82) is 5.26 Å². The van der Waals surface area contributed by atoms with Crippen molar-refractivity contribution >= 4 is 11.0 Å². The normalized spacial score (nSPS) is 16.2. The zero-order chi connectivity index (χ0) is 13.9. The summed E-state index contributed by atoms with van der Waals surface area (Å²) < 4.78 is 2.26. The third-order valence-electron chi connectivity index (χ3n) is 3.86. The highest BCUT2D eigenvalue weighted by Crippen LogP contribution is 2.21. The van der Waals surface area contributed by atoms with Gasteiger partial charge >= 0.3 is 0 Å². The first-order valence-corrected chi connectivity index (χ1v) is 7.41. The number of aromatic nitrogens is 2. The fourth-order valence-electron chi connectivity index (χ4n) is 2.62. The molecule has 1 aromatic heterocycles. The predicted molar refractivity (Wildman–Crippen MR) is 79.3 cm³/mol. The molecule has 1 unspecified atom stereocenters. The van der Waals surface area contributed by atoms with Crippen LogP contribution in [0.3, 0.4) is 0 Å². The smallest absolute Gasteiger partial charge is 0.109 e. The second-order valence-electron chi connectivity index (χ2n) is 5.43. The molecule has 1 aliphatic carbocycles. The van der Waals surface area contributed by atoms with E-state index in [-0.39, 0.29) is 6.04 Å². The van der Waals surface area contributed by atoms with Crippen molar-refractivity contribution in [3.8, 4) is 6.07 Å². The van der Waals surface area contributed by atoms with Crippen molar-refractivity contribution in [2.24, 2.45) is 0 Å². The fourth-order valence-corrected chi connectivity index (χ4v) is 2.62. The van der Waals surface area contributed by atoms with Crippen LogP contribution in [0.1, 0.15) is 32.0 Å². The molecule has 4 nitrogen and oxygen atoms in total. The first kappa shape index (κ1) is 13.1. The van der Waals surface area contributed by atoms with E-state index in [4.69, 9.17) is 0 Å². The molecule has 3 rings (SSSR count). The Kier molecular flexibility index (Phi) is 3.70. The monoisotopic (exact) mass is 268 g/mol. The van der Waals surface area contributed by atoms with Gasteiger partial charge in [0.15, 0.2) is 0 Å². The van der Waals surface area contributed by atoms with E-state index >= 15 is 0 Å². The molecule has 2 aromatic rings. The highest BCUT2D eigenvalue weighted by Gasteiger charge is 2.24. The van der Waals surface area contributed by atoms with Gasteiger partial charge in [-0.3, -0.25) is 5.32 Å². The highest BCUT2D eigenvalue weighted by molar-refractivity contribution is 5.75. The Morgan fingerprint density at radius 3 is 2.95 bits per heavy atom. The Hall–Kier alpha value is -1.86. The first-order chi connectivity index (χ1) is 9.81. The standard InChI is InChI=1S/C16H20N4/c1-2-16-19-14-5-3-4-6-15(14)20(16)10-9-13(11-17)18-12-7-8-12/h3-6,12-13,18H,2,7-10H2,1H3. The first-order valence-electron chi connectivity index (χ1n) is 7.41. The molecule has 1 aromatic carbocycles. The Morgan fingerprint density at radius 2 is 2.25 bits per heavy atom. The van der Waals surface area contributed by atoms with Crippen LogP contribution in [-0.4, -0.2) is 21.6 Å². The van der Waals surface area contributed by atoms with E-state index in [0.29, 0.717) is 6.04 Å². The quantitative estimate of drug-likeness (QED) is 0.876. The summed E-state index contributed by atoms with van der Waals surface area (Å²) in [4.78, 5) is 4.67. The highest BCUT2D eigenvalue weighted by atomic mass is 15.1. The Balaban J connectivity index is 1.77. The lowest BCUT2D eigenvalue weighted by Crippen LogP contribution is -2.30. The summed E-state index contributed by atoms with van der Waals surface area (Å²) >= 11 is 0. The van der Waals surface area contributed by atoms with Crippen molar-refractivity contribution < 1.29 is 0 Å². The Bertz CT molecular complexity index is 633. The molecule has 0 aliphatic heterocycles. The van der Waals surface area contributed by atoms with Gasteiger partial charge in [-0.15, -0.1) is 0 Å². The maximum absolute atomic E-state index is 9.23. The van der Waals surface area contributed by atoms with Crippen LogP contribution in [-0.2, 0) is 13.0 Å². The van der Waals surface area contributed by atoms with E-state index in [1.165, 1.54) is 18.4 Å². The summed E-state index contributed by atoms with van der Waals surface area (Å²) in [5.41, 5.74) is 2.22. The molecular formula is C16H20N4. The molecule has 0 bridgehead atoms. The summed E-state index contributed by atoms with van der Waals surface area (Å²) in [6.07, 6.45) is 4.18. The molecule has 20 heavy (non-hydrogen) atoms. The minimum absolute atomic E-state index is 0.0478. The summed E-state index contributed by atoms with van der Waals surface area (Å²) in [5.74, 6) is 1.11. The fraction of sp³-hybridized carbons (Fsp3) is 0.500. The molecule has 0 radical (unpaired) electrons. The van der Waals surface area contributed by atoms with Crippen LogP contribution >= 0.6 is 0 Å². The van der Waals surface area contributed by atoms with Crippen LogP contribution < -0.4 is 5.32 Å². The molecule has 1 atom stereocenters. The van der Waals surface area contributed by atoms with Gasteiger partial charge in [-0.05, 0) is 31.4 Å². The predicted octanol–water partition coefficient (Wildman–Crippen LogP) is 2.63. The number of para-hydroxylation sites is 2. The van der Waals surface area contributed by atoms with Crippen LogP contribution in [0.5, 0.6) is 0 Å². The summed E-state index contributed by atoms with van der Waals surface area (Å²) in [6.45, 7) is 2.98. The second kappa shape index (κ2) is 5.64. The second-order valence-corrected chi connectivity index (χ2v) is 5.43. The molecule has 1 fully saturated rings. The van der Waals surface area contributed by atoms with E-state index in [9.17, 15) is 5.26 Å². The number of rotatable bonds is 6. The molecule has 1 aliphatic rings. The zero-order valence-electron chi connectivity index (χ0n) is 11.8. The number of nitrogens with one attached hydrogen (secondary N) is 1. The number of aryl methyl sites for hydroxylation is 2. The van der Waals surface area contributed by atoms with E-state index in [1.807, 2.05) is 12.1 Å². The van der Waals surface area contributed by atoms with E-state index in [0.717, 1.165) is 30.7 Å². The number of hydrogen-bond donors (Lipinski definition) is 1. The van der Waals surface area contributed by atoms with Gasteiger partial charge < -0.3 is 4.57 Å². The lowest BCUT2D eigenvalue weighted by Gasteiger charge is -2.13. The summed E-state index contributed by atoms with van der Waals surface area (Å²) in [7, 11) is 0. The number of nitriles is 1. The topological polar surface area (TPSA) is 53.6 Å². The molecule has 4 heteroatoms.